The summed E-state index contributed by atoms with van der Waals surface area (Å²) >= 11 is 0. The Bertz CT molecular complexity index is 291. The highest BCUT2D eigenvalue weighted by Gasteiger charge is 2.30. The summed E-state index contributed by atoms with van der Waals surface area (Å²) in [5, 5.41) is 8.67. The SMILES string of the molecule is CC1=C(C#N)C(=O)CC(C)(C)C1. The predicted octanol–water partition coefficient (Wildman–Crippen LogP) is 2.22. The van der Waals surface area contributed by atoms with Gasteiger partial charge in [-0.3, -0.25) is 4.79 Å². The molecule has 0 heterocycles. The molecule has 2 nitrogen and oxygen atoms in total. The van der Waals surface area contributed by atoms with Gasteiger partial charge in [0.2, 0.25) is 0 Å². The first-order valence-corrected chi connectivity index (χ1v) is 4.09. The number of rotatable bonds is 0. The third-order valence-corrected chi connectivity index (χ3v) is 2.20. The first-order chi connectivity index (χ1) is 5.46. The van der Waals surface area contributed by atoms with Crippen LogP contribution in [0.1, 0.15) is 33.6 Å². The Morgan fingerprint density at radius 3 is 2.42 bits per heavy atom. The number of nitrogens with zero attached hydrogens (tertiary/aromatic N) is 1. The van der Waals surface area contributed by atoms with Gasteiger partial charge in [-0.1, -0.05) is 19.4 Å². The van der Waals surface area contributed by atoms with E-state index in [-0.39, 0.29) is 11.2 Å². The van der Waals surface area contributed by atoms with E-state index < -0.39 is 0 Å². The molecule has 2 heteroatoms. The maximum absolute atomic E-state index is 11.4. The minimum absolute atomic E-state index is 0.00579. The van der Waals surface area contributed by atoms with Crippen LogP contribution in [0, 0.1) is 16.7 Å². The molecular formula is C10H13NO. The number of Topliss-reactive ketones (excluding diaryl/α,β-unsaturated/α-hetero) is 1. The zero-order valence-electron chi connectivity index (χ0n) is 7.77. The Morgan fingerprint density at radius 1 is 1.42 bits per heavy atom. The maximum Gasteiger partial charge on any atom is 0.173 e. The van der Waals surface area contributed by atoms with Gasteiger partial charge in [0.05, 0.1) is 5.57 Å². The summed E-state index contributed by atoms with van der Waals surface area (Å²) in [6.07, 6.45) is 1.37. The second kappa shape index (κ2) is 2.75. The number of carbonyl (C=O) groups excluding carboxylic acids is 1. The molecule has 0 aliphatic heterocycles. The van der Waals surface area contributed by atoms with Crippen LogP contribution in [0.5, 0.6) is 0 Å². The van der Waals surface area contributed by atoms with Gasteiger partial charge in [-0.2, -0.15) is 5.26 Å². The van der Waals surface area contributed by atoms with Crippen molar-refractivity contribution in [2.45, 2.75) is 33.6 Å². The van der Waals surface area contributed by atoms with Gasteiger partial charge in [0.25, 0.3) is 0 Å². The molecule has 0 spiro atoms. The molecule has 0 aromatic heterocycles. The summed E-state index contributed by atoms with van der Waals surface area (Å²) in [4.78, 5) is 11.4. The molecule has 0 amide bonds. The first kappa shape index (κ1) is 8.99. The Kier molecular flexibility index (Phi) is 2.06. The smallest absolute Gasteiger partial charge is 0.173 e. The Hall–Kier alpha value is -1.10. The molecule has 0 atom stereocenters. The molecule has 0 aromatic rings. The number of ketones is 1. The first-order valence-electron chi connectivity index (χ1n) is 4.09. The van der Waals surface area contributed by atoms with Crippen LogP contribution in [0.25, 0.3) is 0 Å². The van der Waals surface area contributed by atoms with Crippen molar-refractivity contribution in [2.75, 3.05) is 0 Å². The van der Waals surface area contributed by atoms with E-state index in [9.17, 15) is 4.79 Å². The van der Waals surface area contributed by atoms with Crippen molar-refractivity contribution < 1.29 is 4.79 Å². The van der Waals surface area contributed by atoms with Crippen LogP contribution in [0.4, 0.5) is 0 Å². The topological polar surface area (TPSA) is 40.9 Å². The minimum atomic E-state index is 0.00579. The van der Waals surface area contributed by atoms with Crippen molar-refractivity contribution in [3.8, 4) is 6.07 Å². The molecule has 0 aromatic carbocycles. The lowest BCUT2D eigenvalue weighted by Gasteiger charge is -2.28. The normalized spacial score (nSPS) is 22.3. The number of allylic oxidation sites excluding steroid dienone is 2. The molecule has 0 saturated heterocycles. The standard InChI is InChI=1S/C10H13NO/c1-7-4-10(2,3)5-9(12)8(7)6-11/h4-5H2,1-3H3. The van der Waals surface area contributed by atoms with Crippen LogP contribution in [-0.4, -0.2) is 5.78 Å². The van der Waals surface area contributed by atoms with E-state index in [2.05, 4.69) is 13.8 Å². The van der Waals surface area contributed by atoms with Gasteiger partial charge in [-0.15, -0.1) is 0 Å². The Morgan fingerprint density at radius 2 is 2.00 bits per heavy atom. The predicted molar refractivity (Wildman–Crippen MR) is 46.3 cm³/mol. The second-order valence-electron chi connectivity index (χ2n) is 4.21. The van der Waals surface area contributed by atoms with Crippen molar-refractivity contribution in [1.82, 2.24) is 0 Å². The molecule has 12 heavy (non-hydrogen) atoms. The second-order valence-corrected chi connectivity index (χ2v) is 4.21. The maximum atomic E-state index is 11.4. The average molecular weight is 163 g/mol. The van der Waals surface area contributed by atoms with Crippen molar-refractivity contribution in [1.29, 1.82) is 5.26 Å². The van der Waals surface area contributed by atoms with Crippen LogP contribution < -0.4 is 0 Å². The van der Waals surface area contributed by atoms with Gasteiger partial charge in [0.1, 0.15) is 6.07 Å². The molecule has 0 saturated carbocycles. The van der Waals surface area contributed by atoms with Crippen LogP contribution in [0.3, 0.4) is 0 Å². The van der Waals surface area contributed by atoms with Crippen LogP contribution in [0.2, 0.25) is 0 Å². The highest BCUT2D eigenvalue weighted by molar-refractivity contribution is 6.00. The van der Waals surface area contributed by atoms with E-state index in [1.54, 1.807) is 0 Å². The summed E-state index contributed by atoms with van der Waals surface area (Å²) in [6, 6.07) is 1.97. The van der Waals surface area contributed by atoms with E-state index in [0.29, 0.717) is 12.0 Å². The zero-order chi connectivity index (χ0) is 9.35. The Balaban J connectivity index is 3.05. The number of hydrogen-bond acceptors (Lipinski definition) is 2. The summed E-state index contributed by atoms with van der Waals surface area (Å²) < 4.78 is 0. The van der Waals surface area contributed by atoms with Crippen molar-refractivity contribution in [3.63, 3.8) is 0 Å². The van der Waals surface area contributed by atoms with E-state index >= 15 is 0 Å². The monoisotopic (exact) mass is 163 g/mol. The third-order valence-electron chi connectivity index (χ3n) is 2.20. The summed E-state index contributed by atoms with van der Waals surface area (Å²) in [5.41, 5.74) is 1.37. The van der Waals surface area contributed by atoms with E-state index in [1.165, 1.54) is 0 Å². The zero-order valence-corrected chi connectivity index (χ0v) is 7.77. The Labute approximate surface area is 72.9 Å². The van der Waals surface area contributed by atoms with Crippen molar-refractivity contribution in [3.05, 3.63) is 11.1 Å². The molecule has 1 aliphatic carbocycles. The van der Waals surface area contributed by atoms with Crippen LogP contribution in [-0.2, 0) is 4.79 Å². The lowest BCUT2D eigenvalue weighted by Crippen LogP contribution is -2.24. The van der Waals surface area contributed by atoms with Gasteiger partial charge in [0, 0.05) is 6.42 Å². The molecule has 1 aliphatic rings. The largest absolute Gasteiger partial charge is 0.293 e. The molecule has 0 radical (unpaired) electrons. The summed E-state index contributed by atoms with van der Waals surface area (Å²) in [6.45, 7) is 5.99. The van der Waals surface area contributed by atoms with Crippen molar-refractivity contribution in [2.24, 2.45) is 5.41 Å². The molecular weight excluding hydrogens is 150 g/mol. The van der Waals surface area contributed by atoms with E-state index in [0.717, 1.165) is 12.0 Å². The highest BCUT2D eigenvalue weighted by atomic mass is 16.1. The van der Waals surface area contributed by atoms with Gasteiger partial charge in [-0.05, 0) is 18.8 Å². The average Bonchev–Trinajstić information content (AvgIpc) is 1.82. The van der Waals surface area contributed by atoms with Gasteiger partial charge in [0.15, 0.2) is 5.78 Å². The fraction of sp³-hybridized carbons (Fsp3) is 0.600. The summed E-state index contributed by atoms with van der Waals surface area (Å²) in [7, 11) is 0. The fourth-order valence-corrected chi connectivity index (χ4v) is 1.79. The van der Waals surface area contributed by atoms with Crippen LogP contribution >= 0.6 is 0 Å². The summed E-state index contributed by atoms with van der Waals surface area (Å²) in [5.74, 6) is 0.00579. The quantitative estimate of drug-likeness (QED) is 0.549. The van der Waals surface area contributed by atoms with E-state index in [1.807, 2.05) is 13.0 Å². The molecule has 1 rings (SSSR count). The minimum Gasteiger partial charge on any atom is -0.293 e. The number of nitriles is 1. The lowest BCUT2D eigenvalue weighted by molar-refractivity contribution is -0.117. The van der Waals surface area contributed by atoms with Gasteiger partial charge < -0.3 is 0 Å². The van der Waals surface area contributed by atoms with Crippen molar-refractivity contribution >= 4 is 5.78 Å². The van der Waals surface area contributed by atoms with Gasteiger partial charge in [-0.25, -0.2) is 0 Å². The molecule has 64 valence electrons. The highest BCUT2D eigenvalue weighted by Crippen LogP contribution is 2.36. The molecule has 0 fully saturated rings. The molecule has 0 N–H and O–H groups in total. The molecule has 0 unspecified atom stereocenters. The molecule has 0 bridgehead atoms. The van der Waals surface area contributed by atoms with Gasteiger partial charge >= 0.3 is 0 Å². The van der Waals surface area contributed by atoms with Crippen LogP contribution in [0.15, 0.2) is 11.1 Å². The number of carbonyl (C=O) groups is 1. The number of hydrogen-bond donors (Lipinski definition) is 0. The van der Waals surface area contributed by atoms with E-state index in [4.69, 9.17) is 5.26 Å². The fourth-order valence-electron chi connectivity index (χ4n) is 1.79. The third kappa shape index (κ3) is 1.55. The lowest BCUT2D eigenvalue weighted by atomic mass is 9.74.